The molecule has 0 saturated carbocycles. The summed E-state index contributed by atoms with van der Waals surface area (Å²) in [5.41, 5.74) is 0.839. The van der Waals surface area contributed by atoms with Gasteiger partial charge < -0.3 is 10.4 Å². The van der Waals surface area contributed by atoms with Gasteiger partial charge in [0.2, 0.25) is 0 Å². The van der Waals surface area contributed by atoms with Crippen LogP contribution in [0.5, 0.6) is 0 Å². The number of rotatable bonds is 5. The predicted octanol–water partition coefficient (Wildman–Crippen LogP) is 0.715. The minimum atomic E-state index is -1.18. The molecule has 2 heterocycles. The number of carboxylic acid groups (broad SMARTS) is 1. The number of pyridine rings is 1. The molecular formula is C13H14N4O3. The highest BCUT2D eigenvalue weighted by Gasteiger charge is 2.16. The summed E-state index contributed by atoms with van der Waals surface area (Å²) in [6.07, 6.45) is 4.97. The average Bonchev–Trinajstić information content (AvgIpc) is 2.84. The maximum Gasteiger partial charge on any atom is 0.338 e. The number of carboxylic acids is 1. The molecule has 2 aromatic rings. The quantitative estimate of drug-likeness (QED) is 0.837. The zero-order valence-electron chi connectivity index (χ0n) is 10.9. The molecule has 0 spiro atoms. The Morgan fingerprint density at radius 1 is 1.45 bits per heavy atom. The van der Waals surface area contributed by atoms with Gasteiger partial charge in [-0.25, -0.2) is 4.79 Å². The lowest BCUT2D eigenvalue weighted by molar-refractivity contribution is 0.0690. The van der Waals surface area contributed by atoms with Crippen molar-refractivity contribution in [1.29, 1.82) is 0 Å². The molecule has 7 heteroatoms. The maximum atomic E-state index is 11.9. The van der Waals surface area contributed by atoms with Crippen LogP contribution in [0.25, 0.3) is 0 Å². The second-order valence-corrected chi connectivity index (χ2v) is 4.24. The molecule has 104 valence electrons. The van der Waals surface area contributed by atoms with Crippen molar-refractivity contribution in [2.24, 2.45) is 0 Å². The summed E-state index contributed by atoms with van der Waals surface area (Å²) < 4.78 is 1.70. The van der Waals surface area contributed by atoms with Crippen molar-refractivity contribution in [1.82, 2.24) is 20.1 Å². The van der Waals surface area contributed by atoms with Crippen LogP contribution in [-0.2, 0) is 6.54 Å². The Kier molecular flexibility index (Phi) is 4.09. The highest BCUT2D eigenvalue weighted by Crippen LogP contribution is 2.05. The van der Waals surface area contributed by atoms with Gasteiger partial charge in [0.05, 0.1) is 18.3 Å². The highest BCUT2D eigenvalue weighted by atomic mass is 16.4. The van der Waals surface area contributed by atoms with Crippen molar-refractivity contribution in [3.63, 3.8) is 0 Å². The smallest absolute Gasteiger partial charge is 0.338 e. The molecule has 0 aromatic carbocycles. The molecule has 20 heavy (non-hydrogen) atoms. The Bertz CT molecular complexity index is 636. The fourth-order valence-electron chi connectivity index (χ4n) is 1.72. The first kappa shape index (κ1) is 13.7. The Hall–Kier alpha value is -2.70. The molecule has 0 aliphatic heterocycles. The molecule has 0 unspecified atom stereocenters. The summed E-state index contributed by atoms with van der Waals surface area (Å²) in [5, 5.41) is 15.7. The van der Waals surface area contributed by atoms with E-state index in [1.165, 1.54) is 18.3 Å². The number of aromatic nitrogens is 3. The third-order valence-electron chi connectivity index (χ3n) is 2.64. The lowest BCUT2D eigenvalue weighted by Gasteiger charge is -2.06. The van der Waals surface area contributed by atoms with Gasteiger partial charge in [-0.1, -0.05) is 0 Å². The summed E-state index contributed by atoms with van der Waals surface area (Å²) in [7, 11) is 0. The lowest BCUT2D eigenvalue weighted by atomic mass is 10.2. The second-order valence-electron chi connectivity index (χ2n) is 4.24. The van der Waals surface area contributed by atoms with Crippen LogP contribution >= 0.6 is 0 Å². The molecule has 0 aliphatic carbocycles. The number of nitrogens with one attached hydrogen (secondary N) is 1. The Morgan fingerprint density at radius 3 is 2.90 bits per heavy atom. The van der Waals surface area contributed by atoms with Gasteiger partial charge in [-0.3, -0.25) is 14.5 Å². The van der Waals surface area contributed by atoms with Crippen molar-refractivity contribution in [3.8, 4) is 0 Å². The Morgan fingerprint density at radius 2 is 2.25 bits per heavy atom. The first-order valence-corrected chi connectivity index (χ1v) is 6.03. The normalized spacial score (nSPS) is 10.2. The van der Waals surface area contributed by atoms with Crippen LogP contribution in [0, 0.1) is 6.92 Å². The van der Waals surface area contributed by atoms with Gasteiger partial charge in [0, 0.05) is 18.9 Å². The molecule has 2 N–H and O–H groups in total. The molecule has 1 amide bonds. The number of carbonyl (C=O) groups is 2. The summed E-state index contributed by atoms with van der Waals surface area (Å²) in [4.78, 5) is 26.7. The molecule has 2 rings (SSSR count). The maximum absolute atomic E-state index is 11.9. The van der Waals surface area contributed by atoms with Gasteiger partial charge in [-0.15, -0.1) is 0 Å². The molecule has 0 saturated heterocycles. The summed E-state index contributed by atoms with van der Waals surface area (Å²) >= 11 is 0. The molecule has 0 aliphatic rings. The van der Waals surface area contributed by atoms with Crippen LogP contribution in [0.3, 0.4) is 0 Å². The van der Waals surface area contributed by atoms with Crippen LogP contribution in [0.4, 0.5) is 0 Å². The van der Waals surface area contributed by atoms with E-state index in [4.69, 9.17) is 5.11 Å². The molecule has 0 fully saturated rings. The first-order valence-electron chi connectivity index (χ1n) is 6.03. The zero-order valence-corrected chi connectivity index (χ0v) is 10.9. The number of amides is 1. The van der Waals surface area contributed by atoms with Crippen molar-refractivity contribution in [2.75, 3.05) is 6.54 Å². The molecule has 7 nitrogen and oxygen atoms in total. The number of aryl methyl sites for hydroxylation is 1. The monoisotopic (exact) mass is 274 g/mol. The van der Waals surface area contributed by atoms with Crippen molar-refractivity contribution in [3.05, 3.63) is 47.5 Å². The number of carbonyl (C=O) groups excluding carboxylic acids is 1. The van der Waals surface area contributed by atoms with Crippen LogP contribution in [0.1, 0.15) is 26.4 Å². The minimum absolute atomic E-state index is 0.0864. The van der Waals surface area contributed by atoms with Gasteiger partial charge in [-0.2, -0.15) is 5.10 Å². The van der Waals surface area contributed by atoms with E-state index in [2.05, 4.69) is 15.4 Å². The van der Waals surface area contributed by atoms with Gasteiger partial charge in [0.25, 0.3) is 5.91 Å². The van der Waals surface area contributed by atoms with Crippen molar-refractivity contribution < 1.29 is 14.7 Å². The summed E-state index contributed by atoms with van der Waals surface area (Å²) in [6.45, 7) is 2.78. The molecule has 2 aromatic heterocycles. The average molecular weight is 274 g/mol. The van der Waals surface area contributed by atoms with Crippen molar-refractivity contribution >= 4 is 11.9 Å². The second kappa shape index (κ2) is 5.96. The van der Waals surface area contributed by atoms with E-state index >= 15 is 0 Å². The molecule has 0 radical (unpaired) electrons. The van der Waals surface area contributed by atoms with E-state index in [0.29, 0.717) is 13.1 Å². The van der Waals surface area contributed by atoms with E-state index in [-0.39, 0.29) is 11.3 Å². The third kappa shape index (κ3) is 3.19. The molecule has 0 atom stereocenters. The largest absolute Gasteiger partial charge is 0.478 e. The lowest BCUT2D eigenvalue weighted by Crippen LogP contribution is -2.29. The van der Waals surface area contributed by atoms with Gasteiger partial charge in [-0.05, 0) is 24.6 Å². The van der Waals surface area contributed by atoms with E-state index < -0.39 is 11.9 Å². The fourth-order valence-corrected chi connectivity index (χ4v) is 1.72. The Labute approximate surface area is 115 Å². The van der Waals surface area contributed by atoms with E-state index in [1.807, 2.05) is 13.1 Å². The fraction of sp³-hybridized carbons (Fsp3) is 0.231. The first-order chi connectivity index (χ1) is 9.58. The van der Waals surface area contributed by atoms with Crippen LogP contribution < -0.4 is 5.32 Å². The Balaban J connectivity index is 1.97. The SMILES string of the molecule is Cc1cnn(CCNC(=O)c2ncccc2C(=O)O)c1. The zero-order chi connectivity index (χ0) is 14.5. The summed E-state index contributed by atoms with van der Waals surface area (Å²) in [5.74, 6) is -1.68. The topological polar surface area (TPSA) is 97.1 Å². The van der Waals surface area contributed by atoms with E-state index in [9.17, 15) is 9.59 Å². The van der Waals surface area contributed by atoms with Crippen LogP contribution in [-0.4, -0.2) is 38.3 Å². The van der Waals surface area contributed by atoms with Crippen LogP contribution in [0.15, 0.2) is 30.7 Å². The van der Waals surface area contributed by atoms with E-state index in [1.54, 1.807) is 10.9 Å². The highest BCUT2D eigenvalue weighted by molar-refractivity contribution is 6.03. The minimum Gasteiger partial charge on any atom is -0.478 e. The van der Waals surface area contributed by atoms with Gasteiger partial charge in [0.1, 0.15) is 5.69 Å². The molecule has 0 bridgehead atoms. The van der Waals surface area contributed by atoms with Crippen LogP contribution in [0.2, 0.25) is 0 Å². The molecular weight excluding hydrogens is 260 g/mol. The van der Waals surface area contributed by atoms with Gasteiger partial charge in [0.15, 0.2) is 0 Å². The predicted molar refractivity (Wildman–Crippen MR) is 70.5 cm³/mol. The summed E-state index contributed by atoms with van der Waals surface area (Å²) in [6, 6.07) is 2.83. The van der Waals surface area contributed by atoms with Crippen molar-refractivity contribution in [2.45, 2.75) is 13.5 Å². The third-order valence-corrected chi connectivity index (χ3v) is 2.64. The number of nitrogens with zero attached hydrogens (tertiary/aromatic N) is 3. The van der Waals surface area contributed by atoms with Gasteiger partial charge >= 0.3 is 5.97 Å². The number of hydrogen-bond donors (Lipinski definition) is 2. The number of aromatic carboxylic acids is 1. The van der Waals surface area contributed by atoms with E-state index in [0.717, 1.165) is 5.56 Å². The standard InChI is InChI=1S/C13H14N4O3/c1-9-7-16-17(8-9)6-5-15-12(18)11-10(13(19)20)3-2-4-14-11/h2-4,7-8H,5-6H2,1H3,(H,15,18)(H,19,20). The number of hydrogen-bond acceptors (Lipinski definition) is 4.